The van der Waals surface area contributed by atoms with E-state index in [9.17, 15) is 4.79 Å². The van der Waals surface area contributed by atoms with Crippen LogP contribution >= 0.6 is 25.0 Å². The molecule has 0 aliphatic heterocycles. The van der Waals surface area contributed by atoms with Crippen LogP contribution in [0.15, 0.2) is 30.3 Å². The molecule has 0 saturated heterocycles. The molecule has 0 aliphatic rings. The van der Waals surface area contributed by atoms with E-state index >= 15 is 0 Å². The van der Waals surface area contributed by atoms with Gasteiger partial charge in [-0.05, 0) is 5.56 Å². The van der Waals surface area contributed by atoms with Gasteiger partial charge in [0, 0.05) is 12.3 Å². The summed E-state index contributed by atoms with van der Waals surface area (Å²) in [6, 6.07) is 9.54. The Kier molecular flexibility index (Phi) is 8.07. The number of rotatable bonds is 5. The zero-order chi connectivity index (χ0) is 11.1. The first-order valence-corrected chi connectivity index (χ1v) is 5.37. The number of methoxy groups -OCH3 is 1. The van der Waals surface area contributed by atoms with Crippen LogP contribution < -0.4 is 5.32 Å². The van der Waals surface area contributed by atoms with Crippen LogP contribution in [0.5, 0.6) is 0 Å². The Morgan fingerprint density at radius 1 is 1.44 bits per heavy atom. The molecule has 1 N–H and O–H groups in total. The highest BCUT2D eigenvalue weighted by molar-refractivity contribution is 7.80. The quantitative estimate of drug-likeness (QED) is 0.626. The molecule has 0 unspecified atom stereocenters. The molecule has 0 spiro atoms. The number of carbonyl (C=O) groups is 1. The maximum Gasteiger partial charge on any atom is 0.323 e. The summed E-state index contributed by atoms with van der Waals surface area (Å²) in [7, 11) is 1.38. The van der Waals surface area contributed by atoms with Crippen molar-refractivity contribution in [1.82, 2.24) is 5.32 Å². The van der Waals surface area contributed by atoms with Crippen LogP contribution in [0.3, 0.4) is 0 Å². The molecule has 0 amide bonds. The Morgan fingerprint density at radius 2 is 2.06 bits per heavy atom. The van der Waals surface area contributed by atoms with Crippen LogP contribution in [0.1, 0.15) is 5.56 Å². The van der Waals surface area contributed by atoms with Gasteiger partial charge in [0.05, 0.1) is 7.11 Å². The molecule has 1 rings (SSSR count). The summed E-state index contributed by atoms with van der Waals surface area (Å²) in [6.45, 7) is 0.640. The molecule has 0 fully saturated rings. The van der Waals surface area contributed by atoms with Gasteiger partial charge in [0.15, 0.2) is 0 Å². The molecule has 1 atom stereocenters. The third kappa shape index (κ3) is 4.88. The van der Waals surface area contributed by atoms with Crippen LogP contribution in [0.2, 0.25) is 0 Å². The third-order valence-electron chi connectivity index (χ3n) is 2.06. The predicted octanol–water partition coefficient (Wildman–Crippen LogP) is 1.67. The highest BCUT2D eigenvalue weighted by Crippen LogP contribution is 1.99. The molecule has 3 nitrogen and oxygen atoms in total. The normalized spacial score (nSPS) is 11.4. The van der Waals surface area contributed by atoms with Crippen LogP contribution in [-0.2, 0) is 16.1 Å². The summed E-state index contributed by atoms with van der Waals surface area (Å²) >= 11 is 4.09. The van der Waals surface area contributed by atoms with Crippen molar-refractivity contribution >= 4 is 31.0 Å². The van der Waals surface area contributed by atoms with E-state index < -0.39 is 0 Å². The van der Waals surface area contributed by atoms with E-state index in [1.165, 1.54) is 7.11 Å². The Hall–Kier alpha value is -0.710. The molecule has 0 bridgehead atoms. The first kappa shape index (κ1) is 15.3. The molecule has 90 valence electrons. The first-order valence-electron chi connectivity index (χ1n) is 4.74. The van der Waals surface area contributed by atoms with Crippen molar-refractivity contribution in [3.63, 3.8) is 0 Å². The summed E-state index contributed by atoms with van der Waals surface area (Å²) in [4.78, 5) is 11.2. The summed E-state index contributed by atoms with van der Waals surface area (Å²) in [5.74, 6) is 0.153. The lowest BCUT2D eigenvalue weighted by molar-refractivity contribution is -0.142. The minimum atomic E-state index is -0.349. The van der Waals surface area contributed by atoms with Crippen molar-refractivity contribution in [2.75, 3.05) is 12.9 Å². The van der Waals surface area contributed by atoms with E-state index in [0.29, 0.717) is 12.3 Å². The standard InChI is InChI=1S/C11H15NO2S.ClH/c1-14-11(13)10(8-15)12-7-9-5-3-2-4-6-9;/h2-6,10,12,15H,7-8H2,1H3;1H/t10-;/m1./s1. The average molecular weight is 262 g/mol. The van der Waals surface area contributed by atoms with Crippen LogP contribution in [0.4, 0.5) is 0 Å². The molecule has 1 aromatic carbocycles. The number of hydrogen-bond acceptors (Lipinski definition) is 4. The minimum absolute atomic E-state index is 0. The fraction of sp³-hybridized carbons (Fsp3) is 0.364. The van der Waals surface area contributed by atoms with Gasteiger partial charge in [0.2, 0.25) is 0 Å². The van der Waals surface area contributed by atoms with E-state index in [4.69, 9.17) is 0 Å². The molecule has 5 heteroatoms. The van der Waals surface area contributed by atoms with Crippen molar-refractivity contribution in [2.24, 2.45) is 0 Å². The summed E-state index contributed by atoms with van der Waals surface area (Å²) in [5.41, 5.74) is 1.13. The lowest BCUT2D eigenvalue weighted by atomic mass is 10.2. The largest absolute Gasteiger partial charge is 0.468 e. The molecule has 1 aromatic rings. The Bertz CT molecular complexity index is 308. The molecule has 0 saturated carbocycles. The number of carbonyl (C=O) groups excluding carboxylic acids is 1. The second-order valence-corrected chi connectivity index (χ2v) is 3.49. The van der Waals surface area contributed by atoms with Gasteiger partial charge in [0.25, 0.3) is 0 Å². The average Bonchev–Trinajstić information content (AvgIpc) is 2.31. The SMILES string of the molecule is COC(=O)[C@@H](CS)NCc1ccccc1.Cl. The van der Waals surface area contributed by atoms with Gasteiger partial charge in [-0.2, -0.15) is 12.6 Å². The van der Waals surface area contributed by atoms with Crippen molar-refractivity contribution in [2.45, 2.75) is 12.6 Å². The second-order valence-electron chi connectivity index (χ2n) is 3.12. The van der Waals surface area contributed by atoms with Crippen molar-refractivity contribution in [3.05, 3.63) is 35.9 Å². The minimum Gasteiger partial charge on any atom is -0.468 e. The summed E-state index contributed by atoms with van der Waals surface area (Å²) < 4.78 is 4.64. The predicted molar refractivity (Wildman–Crippen MR) is 70.2 cm³/mol. The van der Waals surface area contributed by atoms with Gasteiger partial charge in [-0.25, -0.2) is 0 Å². The molecule has 0 radical (unpaired) electrons. The van der Waals surface area contributed by atoms with E-state index in [1.54, 1.807) is 0 Å². The van der Waals surface area contributed by atoms with Gasteiger partial charge in [-0.1, -0.05) is 30.3 Å². The molecular weight excluding hydrogens is 246 g/mol. The maximum atomic E-state index is 11.2. The van der Waals surface area contributed by atoms with E-state index in [0.717, 1.165) is 5.56 Å². The highest BCUT2D eigenvalue weighted by Gasteiger charge is 2.15. The Labute approximate surface area is 107 Å². The highest BCUT2D eigenvalue weighted by atomic mass is 35.5. The Balaban J connectivity index is 0.00000225. The monoisotopic (exact) mass is 261 g/mol. The van der Waals surface area contributed by atoms with Gasteiger partial charge < -0.3 is 4.74 Å². The summed E-state index contributed by atoms with van der Waals surface area (Å²) in [5, 5.41) is 3.09. The van der Waals surface area contributed by atoms with E-state index in [-0.39, 0.29) is 24.4 Å². The van der Waals surface area contributed by atoms with Gasteiger partial charge >= 0.3 is 5.97 Å². The number of benzene rings is 1. The zero-order valence-corrected chi connectivity index (χ0v) is 10.8. The first-order chi connectivity index (χ1) is 7.27. The molecule has 0 heterocycles. The smallest absolute Gasteiger partial charge is 0.323 e. The zero-order valence-electron chi connectivity index (χ0n) is 9.05. The second kappa shape index (κ2) is 8.44. The number of esters is 1. The summed E-state index contributed by atoms with van der Waals surface area (Å²) in [6.07, 6.45) is 0. The third-order valence-corrected chi connectivity index (χ3v) is 2.43. The van der Waals surface area contributed by atoms with E-state index in [1.807, 2.05) is 30.3 Å². The molecule has 16 heavy (non-hydrogen) atoms. The number of thiol groups is 1. The molecule has 0 aromatic heterocycles. The fourth-order valence-corrected chi connectivity index (χ4v) is 1.48. The van der Waals surface area contributed by atoms with Crippen LogP contribution in [0.25, 0.3) is 0 Å². The number of ether oxygens (including phenoxy) is 1. The van der Waals surface area contributed by atoms with Crippen LogP contribution in [0, 0.1) is 0 Å². The lowest BCUT2D eigenvalue weighted by Crippen LogP contribution is -2.38. The molecular formula is C11H16ClNO2S. The topological polar surface area (TPSA) is 38.3 Å². The van der Waals surface area contributed by atoms with Gasteiger partial charge in [0.1, 0.15) is 6.04 Å². The van der Waals surface area contributed by atoms with Crippen molar-refractivity contribution < 1.29 is 9.53 Å². The number of halogens is 1. The van der Waals surface area contributed by atoms with Crippen molar-refractivity contribution in [3.8, 4) is 0 Å². The van der Waals surface area contributed by atoms with E-state index in [2.05, 4.69) is 22.7 Å². The van der Waals surface area contributed by atoms with Gasteiger partial charge in [-0.15, -0.1) is 12.4 Å². The molecule has 0 aliphatic carbocycles. The Morgan fingerprint density at radius 3 is 2.56 bits per heavy atom. The number of hydrogen-bond donors (Lipinski definition) is 2. The fourth-order valence-electron chi connectivity index (χ4n) is 1.20. The van der Waals surface area contributed by atoms with Crippen molar-refractivity contribution in [1.29, 1.82) is 0 Å². The maximum absolute atomic E-state index is 11.2. The lowest BCUT2D eigenvalue weighted by Gasteiger charge is -2.13. The van der Waals surface area contributed by atoms with Gasteiger partial charge in [-0.3, -0.25) is 10.1 Å². The number of nitrogens with one attached hydrogen (secondary N) is 1. The van der Waals surface area contributed by atoms with Crippen LogP contribution in [-0.4, -0.2) is 24.9 Å².